The molecule has 0 aliphatic carbocycles. The number of hydrogen-bond donors (Lipinski definition) is 1. The van der Waals surface area contributed by atoms with Crippen LogP contribution in [0.15, 0.2) is 57.8 Å². The summed E-state index contributed by atoms with van der Waals surface area (Å²) in [6, 6.07) is 13.7. The second-order valence-corrected chi connectivity index (χ2v) is 9.45. The van der Waals surface area contributed by atoms with Gasteiger partial charge in [0.1, 0.15) is 17.3 Å². The van der Waals surface area contributed by atoms with Crippen LogP contribution < -0.4 is 5.32 Å². The first-order chi connectivity index (χ1) is 13.1. The average Bonchev–Trinajstić information content (AvgIpc) is 2.60. The highest BCUT2D eigenvalue weighted by atomic mass is 35.5. The molecule has 1 aliphatic rings. The number of carbonyl (C=O) groups is 1. The lowest BCUT2D eigenvalue weighted by Gasteiger charge is -2.26. The van der Waals surface area contributed by atoms with E-state index in [-0.39, 0.29) is 30.3 Å². The maximum atomic E-state index is 12.3. The van der Waals surface area contributed by atoms with Gasteiger partial charge in [-0.1, -0.05) is 49.7 Å². The summed E-state index contributed by atoms with van der Waals surface area (Å²) in [7, 11) is -3.74. The summed E-state index contributed by atoms with van der Waals surface area (Å²) in [6.07, 6.45) is 0.416. The molecule has 0 bridgehead atoms. The number of ether oxygens (including phenoxy) is 1. The van der Waals surface area contributed by atoms with Crippen molar-refractivity contribution in [2.75, 3.05) is 5.32 Å². The number of halogens is 1. The number of rotatable bonds is 6. The fraction of sp³-hybridized carbons (Fsp3) is 0.300. The molecule has 8 heteroatoms. The first kappa shape index (κ1) is 20.4. The minimum atomic E-state index is -3.74. The molecule has 0 unspecified atom stereocenters. The number of esters is 1. The van der Waals surface area contributed by atoms with Crippen molar-refractivity contribution in [3.8, 4) is 0 Å². The molecular formula is C20H21ClN2O4S. The van der Waals surface area contributed by atoms with Crippen molar-refractivity contribution >= 4 is 39.1 Å². The Morgan fingerprint density at radius 3 is 2.54 bits per heavy atom. The maximum absolute atomic E-state index is 12.3. The Bertz CT molecular complexity index is 1010. The highest BCUT2D eigenvalue weighted by Gasteiger charge is 2.30. The third-order valence-corrected chi connectivity index (χ3v) is 5.88. The molecule has 0 saturated heterocycles. The number of para-hydroxylation sites is 1. The van der Waals surface area contributed by atoms with Crippen LogP contribution in [0.3, 0.4) is 0 Å². The van der Waals surface area contributed by atoms with Gasteiger partial charge in [0.15, 0.2) is 0 Å². The third kappa shape index (κ3) is 5.11. The molecule has 2 aromatic rings. The minimum absolute atomic E-state index is 0.128. The number of benzene rings is 2. The van der Waals surface area contributed by atoms with E-state index >= 15 is 0 Å². The second kappa shape index (κ2) is 7.93. The van der Waals surface area contributed by atoms with Crippen LogP contribution in [-0.4, -0.2) is 20.2 Å². The number of anilines is 1. The molecule has 0 amide bonds. The van der Waals surface area contributed by atoms with Gasteiger partial charge in [-0.05, 0) is 35.2 Å². The molecule has 0 spiro atoms. The zero-order chi connectivity index (χ0) is 20.4. The van der Waals surface area contributed by atoms with E-state index in [1.165, 1.54) is 6.07 Å². The standard InChI is InChI=1S/C20H21ClN2O4S/c1-20(2,12-19(24)27-13-14-7-9-15(21)10-8-14)11-18-22-16-5-3-4-6-17(16)28(25,26)23-18/h3-10H,11-13H2,1-2H3,(H,22,23). The molecule has 2 aromatic carbocycles. The van der Waals surface area contributed by atoms with Crippen LogP contribution in [0.1, 0.15) is 32.3 Å². The summed E-state index contributed by atoms with van der Waals surface area (Å²) in [5.41, 5.74) is 0.801. The van der Waals surface area contributed by atoms with E-state index in [0.29, 0.717) is 16.5 Å². The number of hydrogen-bond acceptors (Lipinski definition) is 5. The van der Waals surface area contributed by atoms with E-state index in [0.717, 1.165) is 5.56 Å². The minimum Gasteiger partial charge on any atom is -0.461 e. The first-order valence-electron chi connectivity index (χ1n) is 8.75. The molecule has 0 atom stereocenters. The van der Waals surface area contributed by atoms with Crippen molar-refractivity contribution in [3.63, 3.8) is 0 Å². The van der Waals surface area contributed by atoms with Crippen LogP contribution in [0.2, 0.25) is 5.02 Å². The fourth-order valence-corrected chi connectivity index (χ4v) is 4.22. The SMILES string of the molecule is CC(C)(CC(=O)OCc1ccc(Cl)cc1)CC1=NS(=O)(=O)c2ccccc2N1. The quantitative estimate of drug-likeness (QED) is 0.700. The predicted molar refractivity (Wildman–Crippen MR) is 109 cm³/mol. The third-order valence-electron chi connectivity index (χ3n) is 4.26. The van der Waals surface area contributed by atoms with Crippen molar-refractivity contribution in [3.05, 3.63) is 59.1 Å². The van der Waals surface area contributed by atoms with Crippen LogP contribution in [0.25, 0.3) is 0 Å². The Morgan fingerprint density at radius 2 is 1.82 bits per heavy atom. The van der Waals surface area contributed by atoms with E-state index in [2.05, 4.69) is 9.71 Å². The number of amidine groups is 1. The lowest BCUT2D eigenvalue weighted by molar-refractivity contribution is -0.147. The van der Waals surface area contributed by atoms with Gasteiger partial charge in [0.05, 0.1) is 12.1 Å². The summed E-state index contributed by atoms with van der Waals surface area (Å²) in [5, 5.41) is 3.67. The largest absolute Gasteiger partial charge is 0.461 e. The molecule has 0 fully saturated rings. The van der Waals surface area contributed by atoms with Gasteiger partial charge in [-0.15, -0.1) is 4.40 Å². The van der Waals surface area contributed by atoms with Crippen LogP contribution in [-0.2, 0) is 26.2 Å². The summed E-state index contributed by atoms with van der Waals surface area (Å²) in [6.45, 7) is 3.90. The van der Waals surface area contributed by atoms with Crippen LogP contribution in [0.4, 0.5) is 5.69 Å². The van der Waals surface area contributed by atoms with Gasteiger partial charge in [0.25, 0.3) is 10.0 Å². The monoisotopic (exact) mass is 420 g/mol. The number of carbonyl (C=O) groups excluding carboxylic acids is 1. The molecule has 1 N–H and O–H groups in total. The Morgan fingerprint density at radius 1 is 1.14 bits per heavy atom. The van der Waals surface area contributed by atoms with Gasteiger partial charge in [-0.25, -0.2) is 0 Å². The predicted octanol–water partition coefficient (Wildman–Crippen LogP) is 4.40. The topological polar surface area (TPSA) is 84.8 Å². The molecular weight excluding hydrogens is 400 g/mol. The molecule has 6 nitrogen and oxygen atoms in total. The smallest absolute Gasteiger partial charge is 0.306 e. The van der Waals surface area contributed by atoms with E-state index in [1.54, 1.807) is 42.5 Å². The zero-order valence-corrected chi connectivity index (χ0v) is 17.2. The van der Waals surface area contributed by atoms with Gasteiger partial charge in [0, 0.05) is 11.4 Å². The summed E-state index contributed by atoms with van der Waals surface area (Å²) >= 11 is 5.84. The molecule has 3 rings (SSSR count). The molecule has 0 radical (unpaired) electrons. The van der Waals surface area contributed by atoms with Crippen molar-refractivity contribution in [2.24, 2.45) is 9.81 Å². The van der Waals surface area contributed by atoms with E-state index < -0.39 is 15.4 Å². The Hall–Kier alpha value is -2.38. The molecule has 0 aromatic heterocycles. The first-order valence-corrected chi connectivity index (χ1v) is 10.6. The highest BCUT2D eigenvalue weighted by Crippen LogP contribution is 2.32. The molecule has 148 valence electrons. The Labute approximate surface area is 169 Å². The lowest BCUT2D eigenvalue weighted by Crippen LogP contribution is -2.29. The number of fused-ring (bicyclic) bond motifs is 1. The zero-order valence-electron chi connectivity index (χ0n) is 15.6. The number of sulfonamides is 1. The van der Waals surface area contributed by atoms with Gasteiger partial charge >= 0.3 is 5.97 Å². The average molecular weight is 421 g/mol. The van der Waals surface area contributed by atoms with Crippen LogP contribution in [0, 0.1) is 5.41 Å². The van der Waals surface area contributed by atoms with Crippen molar-refractivity contribution < 1.29 is 17.9 Å². The molecule has 1 aliphatic heterocycles. The van der Waals surface area contributed by atoms with Crippen molar-refractivity contribution in [2.45, 2.75) is 38.2 Å². The highest BCUT2D eigenvalue weighted by molar-refractivity contribution is 7.90. The lowest BCUT2D eigenvalue weighted by atomic mass is 9.85. The van der Waals surface area contributed by atoms with Gasteiger partial charge in [-0.2, -0.15) is 8.42 Å². The van der Waals surface area contributed by atoms with Gasteiger partial charge in [-0.3, -0.25) is 4.79 Å². The molecule has 28 heavy (non-hydrogen) atoms. The summed E-state index contributed by atoms with van der Waals surface area (Å²) in [5.74, 6) is -0.0474. The van der Waals surface area contributed by atoms with E-state index in [1.807, 2.05) is 13.8 Å². The summed E-state index contributed by atoms with van der Waals surface area (Å²) < 4.78 is 33.9. The number of nitrogens with zero attached hydrogens (tertiary/aromatic N) is 1. The normalized spacial score (nSPS) is 15.2. The van der Waals surface area contributed by atoms with E-state index in [4.69, 9.17) is 16.3 Å². The van der Waals surface area contributed by atoms with E-state index in [9.17, 15) is 13.2 Å². The fourth-order valence-electron chi connectivity index (χ4n) is 2.95. The van der Waals surface area contributed by atoms with Gasteiger partial charge in [0.2, 0.25) is 0 Å². The molecule has 0 saturated carbocycles. The summed E-state index contributed by atoms with van der Waals surface area (Å²) in [4.78, 5) is 12.4. The number of nitrogens with one attached hydrogen (secondary N) is 1. The van der Waals surface area contributed by atoms with Gasteiger partial charge < -0.3 is 10.1 Å². The maximum Gasteiger partial charge on any atom is 0.306 e. The Balaban J connectivity index is 1.61. The van der Waals surface area contributed by atoms with Crippen molar-refractivity contribution in [1.29, 1.82) is 0 Å². The second-order valence-electron chi connectivity index (χ2n) is 7.44. The van der Waals surface area contributed by atoms with Crippen molar-refractivity contribution in [1.82, 2.24) is 0 Å². The van der Waals surface area contributed by atoms with Crippen LogP contribution in [0.5, 0.6) is 0 Å². The van der Waals surface area contributed by atoms with Crippen LogP contribution >= 0.6 is 11.6 Å². The Kier molecular flexibility index (Phi) is 5.76. The molecule has 1 heterocycles.